The Bertz CT molecular complexity index is 3830. The smallest absolute Gasteiger partial charge is 0.143 e. The van der Waals surface area contributed by atoms with Gasteiger partial charge in [-0.25, -0.2) is 0 Å². The van der Waals surface area contributed by atoms with E-state index in [1.54, 1.807) is 0 Å². The van der Waals surface area contributed by atoms with Crippen molar-refractivity contribution in [1.29, 1.82) is 0 Å². The molecule has 0 aliphatic carbocycles. The predicted molar refractivity (Wildman–Crippen MR) is 289 cm³/mol. The van der Waals surface area contributed by atoms with Crippen molar-refractivity contribution in [3.63, 3.8) is 0 Å². The van der Waals surface area contributed by atoms with Gasteiger partial charge in [0, 0.05) is 66.4 Å². The first-order valence-corrected chi connectivity index (χ1v) is 23.8. The third-order valence-electron chi connectivity index (χ3n) is 14.1. The van der Waals surface area contributed by atoms with Crippen molar-refractivity contribution in [3.8, 4) is 0 Å². The van der Waals surface area contributed by atoms with Crippen LogP contribution in [-0.2, 0) is 0 Å². The molecule has 0 N–H and O–H groups in total. The molecule has 2 heterocycles. The van der Waals surface area contributed by atoms with E-state index in [2.05, 4.69) is 244 Å². The first-order chi connectivity index (χ1) is 33.3. The number of rotatable bonds is 8. The molecule has 0 saturated carbocycles. The number of benzene rings is 11. The highest BCUT2D eigenvalue weighted by Crippen LogP contribution is 2.46. The molecule has 13 rings (SSSR count). The van der Waals surface area contributed by atoms with Gasteiger partial charge in [-0.3, -0.25) is 0 Å². The lowest BCUT2D eigenvalue weighted by molar-refractivity contribution is 0.666. The Morgan fingerprint density at radius 3 is 1.01 bits per heavy atom. The van der Waals surface area contributed by atoms with E-state index >= 15 is 0 Å². The Morgan fingerprint density at radius 2 is 0.618 bits per heavy atom. The monoisotopic (exact) mass is 876 g/mol. The standard InChI is InChI=1S/C64H48N2O2/c1-39(2)41-13-21-49(22-14-41)65(51-25-17-43-9-5-7-11-45(43)35-51)53-27-31-55-47(37-53)19-29-57-61-59(67-63(55)57)33-34-60-62(61)58-30-20-48-38-54(28-32-56(48)64(58)68-60)66(50-23-15-42(16-24-50)40(3)4)52-26-18-44-10-6-8-12-46(44)36-52/h5-40H,1-4H3. The highest BCUT2D eigenvalue weighted by atomic mass is 16.3. The van der Waals surface area contributed by atoms with E-state index in [1.807, 2.05) is 0 Å². The van der Waals surface area contributed by atoms with Gasteiger partial charge in [0.1, 0.15) is 22.3 Å². The summed E-state index contributed by atoms with van der Waals surface area (Å²) in [4.78, 5) is 4.72. The van der Waals surface area contributed by atoms with Crippen LogP contribution in [0, 0.1) is 0 Å². The van der Waals surface area contributed by atoms with Crippen molar-refractivity contribution in [2.24, 2.45) is 0 Å². The van der Waals surface area contributed by atoms with Crippen LogP contribution < -0.4 is 9.80 Å². The maximum atomic E-state index is 6.85. The summed E-state index contributed by atoms with van der Waals surface area (Å²) in [6, 6.07) is 75.1. The van der Waals surface area contributed by atoms with Crippen LogP contribution in [0.1, 0.15) is 50.7 Å². The second-order valence-electron chi connectivity index (χ2n) is 18.9. The van der Waals surface area contributed by atoms with Crippen molar-refractivity contribution >= 4 is 121 Å². The number of fused-ring (bicyclic) bond motifs is 13. The van der Waals surface area contributed by atoms with Crippen molar-refractivity contribution in [2.45, 2.75) is 39.5 Å². The summed E-state index contributed by atoms with van der Waals surface area (Å²) in [6.45, 7) is 8.96. The largest absolute Gasteiger partial charge is 0.455 e. The Balaban J connectivity index is 0.924. The van der Waals surface area contributed by atoms with Crippen molar-refractivity contribution in [1.82, 2.24) is 0 Å². The fourth-order valence-electron chi connectivity index (χ4n) is 10.5. The molecule has 0 aliphatic heterocycles. The summed E-state index contributed by atoms with van der Waals surface area (Å²) >= 11 is 0. The molecule has 326 valence electrons. The molecule has 68 heavy (non-hydrogen) atoms. The van der Waals surface area contributed by atoms with Gasteiger partial charge in [0.2, 0.25) is 0 Å². The van der Waals surface area contributed by atoms with E-state index in [0.29, 0.717) is 11.8 Å². The minimum absolute atomic E-state index is 0.455. The van der Waals surface area contributed by atoms with Crippen LogP contribution in [-0.4, -0.2) is 0 Å². The molecule has 11 aromatic carbocycles. The van der Waals surface area contributed by atoms with Crippen molar-refractivity contribution < 1.29 is 8.83 Å². The molecule has 0 spiro atoms. The van der Waals surface area contributed by atoms with Crippen LogP contribution >= 0.6 is 0 Å². The SMILES string of the molecule is CC(C)c1ccc(N(c2ccc3ccccc3c2)c2ccc3c(ccc4c3oc3ccc5oc6c7ccc(N(c8ccc(C(C)C)cc8)c8ccc9ccccc9c8)cc7ccc6c5c34)c2)cc1. The molecular formula is C64H48N2O2. The Morgan fingerprint density at radius 1 is 0.294 bits per heavy atom. The minimum atomic E-state index is 0.455. The van der Waals surface area contributed by atoms with E-state index in [1.165, 1.54) is 32.7 Å². The van der Waals surface area contributed by atoms with E-state index in [9.17, 15) is 0 Å². The lowest BCUT2D eigenvalue weighted by Gasteiger charge is -2.26. The zero-order valence-electron chi connectivity index (χ0n) is 38.5. The zero-order chi connectivity index (χ0) is 45.6. The van der Waals surface area contributed by atoms with Crippen molar-refractivity contribution in [2.75, 3.05) is 9.80 Å². The van der Waals surface area contributed by atoms with Gasteiger partial charge in [-0.1, -0.05) is 125 Å². The molecule has 0 atom stereocenters. The highest BCUT2D eigenvalue weighted by molar-refractivity contribution is 6.30. The van der Waals surface area contributed by atoms with Gasteiger partial charge < -0.3 is 18.6 Å². The van der Waals surface area contributed by atoms with Crippen LogP contribution in [0.2, 0.25) is 0 Å². The normalized spacial score (nSPS) is 12.1. The van der Waals surface area contributed by atoms with E-state index < -0.39 is 0 Å². The fourth-order valence-corrected chi connectivity index (χ4v) is 10.5. The third-order valence-corrected chi connectivity index (χ3v) is 14.1. The Kier molecular flexibility index (Phi) is 9.20. The summed E-state index contributed by atoms with van der Waals surface area (Å²) in [5.74, 6) is 0.910. The summed E-state index contributed by atoms with van der Waals surface area (Å²) in [5, 5.41) is 13.6. The highest BCUT2D eigenvalue weighted by Gasteiger charge is 2.22. The van der Waals surface area contributed by atoms with Crippen LogP contribution in [0.4, 0.5) is 34.1 Å². The predicted octanol–water partition coefficient (Wildman–Crippen LogP) is 19.3. The molecule has 0 bridgehead atoms. The van der Waals surface area contributed by atoms with Crippen LogP contribution in [0.15, 0.2) is 215 Å². The van der Waals surface area contributed by atoms with Gasteiger partial charge in [0.25, 0.3) is 0 Å². The second kappa shape index (κ2) is 15.6. The molecule has 0 fully saturated rings. The molecule has 13 aromatic rings. The van der Waals surface area contributed by atoms with Gasteiger partial charge in [-0.2, -0.15) is 0 Å². The van der Waals surface area contributed by atoms with Crippen LogP contribution in [0.5, 0.6) is 0 Å². The molecule has 0 saturated heterocycles. The first-order valence-electron chi connectivity index (χ1n) is 23.8. The number of hydrogen-bond donors (Lipinski definition) is 0. The topological polar surface area (TPSA) is 32.8 Å². The van der Waals surface area contributed by atoms with Gasteiger partial charge in [0.05, 0.1) is 0 Å². The van der Waals surface area contributed by atoms with Crippen molar-refractivity contribution in [3.05, 3.63) is 217 Å². The summed E-state index contributed by atoms with van der Waals surface area (Å²) in [5.41, 5.74) is 12.7. The maximum Gasteiger partial charge on any atom is 0.143 e. The van der Waals surface area contributed by atoms with Crippen LogP contribution in [0.25, 0.3) is 87.0 Å². The quantitative estimate of drug-likeness (QED) is 0.152. The molecule has 2 aromatic heterocycles. The lowest BCUT2D eigenvalue weighted by Crippen LogP contribution is -2.10. The average Bonchev–Trinajstić information content (AvgIpc) is 3.95. The van der Waals surface area contributed by atoms with Gasteiger partial charge >= 0.3 is 0 Å². The van der Waals surface area contributed by atoms with Gasteiger partial charge in [-0.15, -0.1) is 0 Å². The molecule has 0 unspecified atom stereocenters. The summed E-state index contributed by atoms with van der Waals surface area (Å²) in [6.07, 6.45) is 0. The summed E-state index contributed by atoms with van der Waals surface area (Å²) < 4.78 is 13.7. The van der Waals surface area contributed by atoms with E-state index in [-0.39, 0.29) is 0 Å². The van der Waals surface area contributed by atoms with Crippen LogP contribution in [0.3, 0.4) is 0 Å². The molecule has 0 radical (unpaired) electrons. The fraction of sp³-hybridized carbons (Fsp3) is 0.0938. The molecule has 0 aliphatic rings. The Hall–Kier alpha value is -8.34. The van der Waals surface area contributed by atoms with Gasteiger partial charge in [0.15, 0.2) is 0 Å². The Labute approximate surface area is 394 Å². The number of furan rings is 2. The number of hydrogen-bond acceptors (Lipinski definition) is 4. The minimum Gasteiger partial charge on any atom is -0.455 e. The second-order valence-corrected chi connectivity index (χ2v) is 18.9. The number of anilines is 6. The molecule has 4 nitrogen and oxygen atoms in total. The molecule has 4 heteroatoms. The lowest BCUT2D eigenvalue weighted by atomic mass is 10.00. The first kappa shape index (κ1) is 40.0. The zero-order valence-corrected chi connectivity index (χ0v) is 38.5. The van der Waals surface area contributed by atoms with E-state index in [0.717, 1.165) is 99.5 Å². The molecular weight excluding hydrogens is 829 g/mol. The average molecular weight is 877 g/mol. The third kappa shape index (κ3) is 6.51. The number of nitrogens with zero attached hydrogens (tertiary/aromatic N) is 2. The van der Waals surface area contributed by atoms with E-state index in [4.69, 9.17) is 8.83 Å². The summed E-state index contributed by atoms with van der Waals surface area (Å²) in [7, 11) is 0. The maximum absolute atomic E-state index is 6.85. The van der Waals surface area contributed by atoms with Gasteiger partial charge in [-0.05, 0) is 164 Å². The molecule has 0 amide bonds.